The van der Waals surface area contributed by atoms with Crippen molar-refractivity contribution in [1.82, 2.24) is 0 Å². The number of amides is 1. The summed E-state index contributed by atoms with van der Waals surface area (Å²) >= 11 is 0. The zero-order valence-electron chi connectivity index (χ0n) is 11.7. The first-order chi connectivity index (χ1) is 8.65. The molecular weight excluding hydrogens is 242 g/mol. The van der Waals surface area contributed by atoms with Gasteiger partial charge in [0.1, 0.15) is 11.2 Å². The number of anilines is 1. The van der Waals surface area contributed by atoms with Gasteiger partial charge in [-0.15, -0.1) is 6.42 Å². The van der Waals surface area contributed by atoms with Crippen molar-refractivity contribution < 1.29 is 14.6 Å². The summed E-state index contributed by atoms with van der Waals surface area (Å²) in [6, 6.07) is 6.79. The molecule has 2 N–H and O–H groups in total. The number of para-hydroxylation sites is 1. The molecule has 1 aromatic carbocycles. The first-order valence-corrected chi connectivity index (χ1v) is 5.95. The monoisotopic (exact) mass is 261 g/mol. The first-order valence-electron chi connectivity index (χ1n) is 5.95. The third kappa shape index (κ3) is 4.31. The van der Waals surface area contributed by atoms with Gasteiger partial charge in [0.2, 0.25) is 0 Å². The lowest BCUT2D eigenvalue weighted by molar-refractivity contribution is 0.0635. The van der Waals surface area contributed by atoms with Crippen molar-refractivity contribution >= 4 is 11.8 Å². The highest BCUT2D eigenvalue weighted by atomic mass is 16.6. The first kappa shape index (κ1) is 15.1. The minimum absolute atomic E-state index is 0.430. The van der Waals surface area contributed by atoms with Crippen LogP contribution < -0.4 is 5.32 Å². The summed E-state index contributed by atoms with van der Waals surface area (Å²) in [5.74, 6) is 2.28. The summed E-state index contributed by atoms with van der Waals surface area (Å²) in [6.45, 7) is 6.81. The summed E-state index contributed by atoms with van der Waals surface area (Å²) in [6.07, 6.45) is 4.71. The van der Waals surface area contributed by atoms with E-state index < -0.39 is 17.3 Å². The maximum atomic E-state index is 11.7. The third-order valence-electron chi connectivity index (χ3n) is 2.37. The summed E-state index contributed by atoms with van der Waals surface area (Å²) in [5, 5.41) is 12.7. The quantitative estimate of drug-likeness (QED) is 0.805. The average molecular weight is 261 g/mol. The van der Waals surface area contributed by atoms with Crippen LogP contribution in [0.5, 0.6) is 0 Å². The second-order valence-electron chi connectivity index (χ2n) is 5.39. The fourth-order valence-electron chi connectivity index (χ4n) is 1.51. The van der Waals surface area contributed by atoms with Gasteiger partial charge < -0.3 is 9.84 Å². The molecule has 1 unspecified atom stereocenters. The molecule has 1 rings (SSSR count). The van der Waals surface area contributed by atoms with Crippen molar-refractivity contribution in [3.05, 3.63) is 29.8 Å². The van der Waals surface area contributed by atoms with Crippen LogP contribution in [-0.4, -0.2) is 16.8 Å². The SMILES string of the molecule is C#CC(C)(O)c1ccccc1NC(=O)OC(C)(C)C. The number of hydrogen-bond acceptors (Lipinski definition) is 3. The molecule has 0 radical (unpaired) electrons. The normalized spacial score (nSPS) is 14.1. The maximum Gasteiger partial charge on any atom is 0.412 e. The highest BCUT2D eigenvalue weighted by Crippen LogP contribution is 2.27. The van der Waals surface area contributed by atoms with E-state index in [0.29, 0.717) is 11.3 Å². The number of hydrogen-bond donors (Lipinski definition) is 2. The molecule has 0 aliphatic rings. The number of carbonyl (C=O) groups excluding carboxylic acids is 1. The molecule has 0 saturated carbocycles. The number of rotatable bonds is 2. The second kappa shape index (κ2) is 5.33. The number of benzene rings is 1. The minimum atomic E-state index is -1.45. The molecule has 0 bridgehead atoms. The topological polar surface area (TPSA) is 58.6 Å². The molecule has 1 amide bonds. The summed E-state index contributed by atoms with van der Waals surface area (Å²) in [4.78, 5) is 11.7. The van der Waals surface area contributed by atoms with Gasteiger partial charge in [-0.05, 0) is 33.8 Å². The van der Waals surface area contributed by atoms with Gasteiger partial charge in [-0.3, -0.25) is 5.32 Å². The van der Waals surface area contributed by atoms with Crippen molar-refractivity contribution in [2.24, 2.45) is 0 Å². The minimum Gasteiger partial charge on any atom is -0.444 e. The van der Waals surface area contributed by atoms with Crippen LogP contribution in [0.3, 0.4) is 0 Å². The van der Waals surface area contributed by atoms with Crippen LogP contribution in [0, 0.1) is 12.3 Å². The summed E-state index contributed by atoms with van der Waals surface area (Å²) in [5.41, 5.74) is -1.16. The molecule has 19 heavy (non-hydrogen) atoms. The summed E-state index contributed by atoms with van der Waals surface area (Å²) < 4.78 is 5.16. The van der Waals surface area contributed by atoms with Crippen LogP contribution in [0.25, 0.3) is 0 Å². The molecule has 102 valence electrons. The Hall–Kier alpha value is -1.99. The van der Waals surface area contributed by atoms with E-state index >= 15 is 0 Å². The van der Waals surface area contributed by atoms with Gasteiger partial charge >= 0.3 is 6.09 Å². The smallest absolute Gasteiger partial charge is 0.412 e. The van der Waals surface area contributed by atoms with Crippen LogP contribution in [0.2, 0.25) is 0 Å². The largest absolute Gasteiger partial charge is 0.444 e. The number of nitrogens with one attached hydrogen (secondary N) is 1. The Bertz CT molecular complexity index is 507. The van der Waals surface area contributed by atoms with Crippen molar-refractivity contribution in [1.29, 1.82) is 0 Å². The molecule has 0 aliphatic heterocycles. The zero-order chi connectivity index (χ0) is 14.7. The van der Waals surface area contributed by atoms with E-state index in [-0.39, 0.29) is 0 Å². The Morgan fingerprint density at radius 3 is 2.42 bits per heavy atom. The molecule has 0 saturated heterocycles. The van der Waals surface area contributed by atoms with Crippen molar-refractivity contribution in [3.8, 4) is 12.3 Å². The lowest BCUT2D eigenvalue weighted by Crippen LogP contribution is -2.28. The van der Waals surface area contributed by atoms with Crippen LogP contribution in [-0.2, 0) is 10.3 Å². The highest BCUT2D eigenvalue weighted by molar-refractivity contribution is 5.86. The fourth-order valence-corrected chi connectivity index (χ4v) is 1.51. The van der Waals surface area contributed by atoms with Crippen LogP contribution >= 0.6 is 0 Å². The Kier molecular flexibility index (Phi) is 4.23. The molecule has 0 heterocycles. The van der Waals surface area contributed by atoms with E-state index in [9.17, 15) is 9.90 Å². The molecule has 4 nitrogen and oxygen atoms in total. The van der Waals surface area contributed by atoms with Crippen molar-refractivity contribution in [2.75, 3.05) is 5.32 Å². The Labute approximate surface area is 113 Å². The summed E-state index contributed by atoms with van der Waals surface area (Å²) in [7, 11) is 0. The third-order valence-corrected chi connectivity index (χ3v) is 2.37. The van der Waals surface area contributed by atoms with Gasteiger partial charge in [0.15, 0.2) is 0 Å². The lowest BCUT2D eigenvalue weighted by atomic mass is 9.95. The Morgan fingerprint density at radius 2 is 1.89 bits per heavy atom. The molecule has 0 fully saturated rings. The maximum absolute atomic E-state index is 11.7. The predicted molar refractivity (Wildman–Crippen MR) is 74.7 cm³/mol. The van der Waals surface area contributed by atoms with Crippen LogP contribution in [0.1, 0.15) is 33.3 Å². The van der Waals surface area contributed by atoms with Gasteiger partial charge in [-0.2, -0.15) is 0 Å². The second-order valence-corrected chi connectivity index (χ2v) is 5.39. The molecule has 1 atom stereocenters. The molecule has 0 spiro atoms. The van der Waals surface area contributed by atoms with Crippen LogP contribution in [0.4, 0.5) is 10.5 Å². The van der Waals surface area contributed by atoms with E-state index in [4.69, 9.17) is 11.2 Å². The Balaban J connectivity index is 2.98. The van der Waals surface area contributed by atoms with Crippen LogP contribution in [0.15, 0.2) is 24.3 Å². The number of ether oxygens (including phenoxy) is 1. The van der Waals surface area contributed by atoms with Gasteiger partial charge in [-0.1, -0.05) is 24.1 Å². The Morgan fingerprint density at radius 1 is 1.32 bits per heavy atom. The molecule has 4 heteroatoms. The lowest BCUT2D eigenvalue weighted by Gasteiger charge is -2.23. The number of aliphatic hydroxyl groups is 1. The van der Waals surface area contributed by atoms with Gasteiger partial charge in [-0.25, -0.2) is 4.79 Å². The van der Waals surface area contributed by atoms with Crippen molar-refractivity contribution in [2.45, 2.75) is 38.9 Å². The van der Waals surface area contributed by atoms with E-state index in [2.05, 4.69) is 11.2 Å². The predicted octanol–water partition coefficient (Wildman–Crippen LogP) is 2.87. The van der Waals surface area contributed by atoms with E-state index in [0.717, 1.165) is 0 Å². The molecule has 0 aliphatic carbocycles. The molecule has 0 aromatic heterocycles. The van der Waals surface area contributed by atoms with Gasteiger partial charge in [0, 0.05) is 5.56 Å². The zero-order valence-corrected chi connectivity index (χ0v) is 11.7. The number of terminal acetylenes is 1. The highest BCUT2D eigenvalue weighted by Gasteiger charge is 2.24. The van der Waals surface area contributed by atoms with E-state index in [1.54, 1.807) is 45.0 Å². The molecular formula is C15H19NO3. The van der Waals surface area contributed by atoms with Gasteiger partial charge in [0.05, 0.1) is 5.69 Å². The fraction of sp³-hybridized carbons (Fsp3) is 0.400. The number of carbonyl (C=O) groups is 1. The van der Waals surface area contributed by atoms with E-state index in [1.165, 1.54) is 6.92 Å². The van der Waals surface area contributed by atoms with Crippen molar-refractivity contribution in [3.63, 3.8) is 0 Å². The molecule has 1 aromatic rings. The standard InChI is InChI=1S/C15H19NO3/c1-6-15(5,18)11-9-7-8-10-12(11)16-13(17)19-14(2,3)4/h1,7-10,18H,2-5H3,(H,16,17). The van der Waals surface area contributed by atoms with Gasteiger partial charge in [0.25, 0.3) is 0 Å². The van der Waals surface area contributed by atoms with E-state index in [1.807, 2.05) is 0 Å². The average Bonchev–Trinajstić information content (AvgIpc) is 2.27.